The van der Waals surface area contributed by atoms with Gasteiger partial charge in [-0.05, 0) is 48.6 Å². The Balaban J connectivity index is 2.39. The largest absolute Gasteiger partial charge is 0.309 e. The fraction of sp³-hybridized carbons (Fsp3) is 0.368. The van der Waals surface area contributed by atoms with Crippen LogP contribution in [0.3, 0.4) is 0 Å². The van der Waals surface area contributed by atoms with E-state index < -0.39 is 0 Å². The molecule has 2 rings (SSSR count). The Morgan fingerprint density at radius 1 is 1.10 bits per heavy atom. The third-order valence-corrected chi connectivity index (χ3v) is 4.83. The van der Waals surface area contributed by atoms with Gasteiger partial charge in [0.15, 0.2) is 0 Å². The molecule has 0 aliphatic carbocycles. The maximum Gasteiger partial charge on any atom is 0.0585 e. The number of nitrogens with one attached hydrogen (secondary N) is 1. The molecule has 1 atom stereocenters. The number of hydrogen-bond donors (Lipinski definition) is 1. The van der Waals surface area contributed by atoms with Crippen molar-refractivity contribution >= 4 is 15.9 Å². The van der Waals surface area contributed by atoms with E-state index in [1.54, 1.807) is 0 Å². The molecule has 0 aromatic heterocycles. The average molecular weight is 346 g/mol. The molecule has 2 aromatic carbocycles. The molecule has 0 bridgehead atoms. The maximum absolute atomic E-state index is 3.74. The molecule has 1 nitrogen and oxygen atoms in total. The minimum Gasteiger partial charge on any atom is -0.309 e. The zero-order valence-electron chi connectivity index (χ0n) is 13.3. The molecule has 0 saturated heterocycles. The van der Waals surface area contributed by atoms with Gasteiger partial charge < -0.3 is 5.32 Å². The van der Waals surface area contributed by atoms with E-state index >= 15 is 0 Å². The Hall–Kier alpha value is -1.12. The maximum atomic E-state index is 3.74. The van der Waals surface area contributed by atoms with E-state index in [1.165, 1.54) is 26.7 Å². The molecule has 0 fully saturated rings. The summed E-state index contributed by atoms with van der Waals surface area (Å²) in [4.78, 5) is 0. The Morgan fingerprint density at radius 2 is 1.81 bits per heavy atom. The lowest BCUT2D eigenvalue weighted by Gasteiger charge is -2.20. The summed E-state index contributed by atoms with van der Waals surface area (Å²) in [5.74, 6) is 0.680. The second kappa shape index (κ2) is 7.24. The van der Waals surface area contributed by atoms with Crippen molar-refractivity contribution in [3.05, 3.63) is 69.2 Å². The van der Waals surface area contributed by atoms with Crippen LogP contribution in [0.15, 0.2) is 46.9 Å². The zero-order valence-corrected chi connectivity index (χ0v) is 14.9. The highest BCUT2D eigenvalue weighted by molar-refractivity contribution is 9.10. The van der Waals surface area contributed by atoms with Crippen LogP contribution >= 0.6 is 15.9 Å². The van der Waals surface area contributed by atoms with Crippen LogP contribution in [0.1, 0.15) is 42.1 Å². The topological polar surface area (TPSA) is 12.0 Å². The van der Waals surface area contributed by atoms with Gasteiger partial charge in [0.1, 0.15) is 0 Å². The standard InChI is InChI=1S/C19H24BrN/c1-13(2)11-15-8-6-9-16(12-15)19(21-4)17-10-5-7-14(3)18(17)20/h5-10,12-13,19,21H,11H2,1-4H3. The highest BCUT2D eigenvalue weighted by Gasteiger charge is 2.16. The van der Waals surface area contributed by atoms with Crippen LogP contribution in [0.5, 0.6) is 0 Å². The molecule has 0 spiro atoms. The smallest absolute Gasteiger partial charge is 0.0585 e. The van der Waals surface area contributed by atoms with E-state index in [9.17, 15) is 0 Å². The van der Waals surface area contributed by atoms with Gasteiger partial charge in [-0.1, -0.05) is 72.2 Å². The number of benzene rings is 2. The van der Waals surface area contributed by atoms with Crippen molar-refractivity contribution in [1.82, 2.24) is 5.32 Å². The lowest BCUT2D eigenvalue weighted by Crippen LogP contribution is -2.18. The molecule has 2 aromatic rings. The minimum atomic E-state index is 0.214. The molecule has 21 heavy (non-hydrogen) atoms. The van der Waals surface area contributed by atoms with Gasteiger partial charge in [-0.3, -0.25) is 0 Å². The van der Waals surface area contributed by atoms with Gasteiger partial charge in [0.05, 0.1) is 6.04 Å². The number of halogens is 1. The summed E-state index contributed by atoms with van der Waals surface area (Å²) in [5, 5.41) is 3.45. The Morgan fingerprint density at radius 3 is 2.48 bits per heavy atom. The molecular weight excluding hydrogens is 322 g/mol. The van der Waals surface area contributed by atoms with Crippen LogP contribution < -0.4 is 5.32 Å². The molecule has 2 heteroatoms. The van der Waals surface area contributed by atoms with Crippen LogP contribution in [0, 0.1) is 12.8 Å². The van der Waals surface area contributed by atoms with E-state index in [4.69, 9.17) is 0 Å². The van der Waals surface area contributed by atoms with E-state index in [0.29, 0.717) is 5.92 Å². The molecule has 0 radical (unpaired) electrons. The van der Waals surface area contributed by atoms with Crippen molar-refractivity contribution in [3.8, 4) is 0 Å². The Bertz CT molecular complexity index is 604. The van der Waals surface area contributed by atoms with Crippen molar-refractivity contribution in [2.45, 2.75) is 33.2 Å². The summed E-state index contributed by atoms with van der Waals surface area (Å²) in [7, 11) is 2.02. The van der Waals surface area contributed by atoms with Crippen LogP contribution in [-0.4, -0.2) is 7.05 Å². The monoisotopic (exact) mass is 345 g/mol. The molecule has 112 valence electrons. The number of hydrogen-bond acceptors (Lipinski definition) is 1. The summed E-state index contributed by atoms with van der Waals surface area (Å²) >= 11 is 3.74. The predicted molar refractivity (Wildman–Crippen MR) is 94.8 cm³/mol. The highest BCUT2D eigenvalue weighted by Crippen LogP contribution is 2.31. The average Bonchev–Trinajstić information content (AvgIpc) is 2.44. The van der Waals surface area contributed by atoms with Crippen molar-refractivity contribution in [2.75, 3.05) is 7.05 Å². The van der Waals surface area contributed by atoms with Crippen LogP contribution in [-0.2, 0) is 6.42 Å². The van der Waals surface area contributed by atoms with Gasteiger partial charge in [0.2, 0.25) is 0 Å². The Kier molecular flexibility index (Phi) is 5.60. The molecule has 0 aliphatic rings. The molecule has 0 aliphatic heterocycles. The molecule has 0 saturated carbocycles. The second-order valence-electron chi connectivity index (χ2n) is 6.04. The van der Waals surface area contributed by atoms with Gasteiger partial charge in [-0.15, -0.1) is 0 Å². The van der Waals surface area contributed by atoms with Gasteiger partial charge in [-0.2, -0.15) is 0 Å². The summed E-state index contributed by atoms with van der Waals surface area (Å²) in [6.45, 7) is 6.66. The van der Waals surface area contributed by atoms with Gasteiger partial charge in [0.25, 0.3) is 0 Å². The van der Waals surface area contributed by atoms with E-state index in [2.05, 4.69) is 84.5 Å². The van der Waals surface area contributed by atoms with E-state index in [0.717, 1.165) is 6.42 Å². The van der Waals surface area contributed by atoms with Crippen LogP contribution in [0.2, 0.25) is 0 Å². The lowest BCUT2D eigenvalue weighted by molar-refractivity contribution is 0.643. The van der Waals surface area contributed by atoms with Crippen molar-refractivity contribution in [2.24, 2.45) is 5.92 Å². The molecule has 1 N–H and O–H groups in total. The van der Waals surface area contributed by atoms with Crippen molar-refractivity contribution < 1.29 is 0 Å². The second-order valence-corrected chi connectivity index (χ2v) is 6.84. The molecule has 0 amide bonds. The predicted octanol–water partition coefficient (Wildman–Crippen LogP) is 5.26. The Labute approximate surface area is 136 Å². The molecule has 1 unspecified atom stereocenters. The van der Waals surface area contributed by atoms with Gasteiger partial charge in [0, 0.05) is 4.47 Å². The fourth-order valence-corrected chi connectivity index (χ4v) is 3.26. The highest BCUT2D eigenvalue weighted by atomic mass is 79.9. The summed E-state index contributed by atoms with van der Waals surface area (Å²) in [5.41, 5.74) is 5.29. The van der Waals surface area contributed by atoms with Crippen molar-refractivity contribution in [1.29, 1.82) is 0 Å². The third-order valence-electron chi connectivity index (χ3n) is 3.75. The first kappa shape index (κ1) is 16.3. The fourth-order valence-electron chi connectivity index (χ4n) is 2.77. The first-order chi connectivity index (χ1) is 10.0. The van der Waals surface area contributed by atoms with Crippen LogP contribution in [0.25, 0.3) is 0 Å². The van der Waals surface area contributed by atoms with E-state index in [-0.39, 0.29) is 6.04 Å². The van der Waals surface area contributed by atoms with E-state index in [1.807, 2.05) is 7.05 Å². The summed E-state index contributed by atoms with van der Waals surface area (Å²) in [6, 6.07) is 15.6. The normalized spacial score (nSPS) is 12.7. The minimum absolute atomic E-state index is 0.214. The molecular formula is C19H24BrN. The number of rotatable bonds is 5. The van der Waals surface area contributed by atoms with Gasteiger partial charge in [-0.25, -0.2) is 0 Å². The number of aryl methyl sites for hydroxylation is 1. The zero-order chi connectivity index (χ0) is 15.4. The summed E-state index contributed by atoms with van der Waals surface area (Å²) in [6.07, 6.45) is 1.12. The van der Waals surface area contributed by atoms with Crippen LogP contribution in [0.4, 0.5) is 0 Å². The SMILES string of the molecule is CNC(c1cccc(CC(C)C)c1)c1cccc(C)c1Br. The summed E-state index contributed by atoms with van der Waals surface area (Å²) < 4.78 is 1.19. The van der Waals surface area contributed by atoms with Crippen molar-refractivity contribution in [3.63, 3.8) is 0 Å². The first-order valence-electron chi connectivity index (χ1n) is 7.54. The first-order valence-corrected chi connectivity index (χ1v) is 8.33. The van der Waals surface area contributed by atoms with Gasteiger partial charge >= 0.3 is 0 Å². The lowest BCUT2D eigenvalue weighted by atomic mass is 9.94. The molecule has 0 heterocycles. The quantitative estimate of drug-likeness (QED) is 0.778. The third kappa shape index (κ3) is 3.96.